The minimum atomic E-state index is -0.575. The molecule has 0 bridgehead atoms. The van der Waals surface area contributed by atoms with Gasteiger partial charge >= 0.3 is 0 Å². The zero-order valence-corrected chi connectivity index (χ0v) is 14.4. The topological polar surface area (TPSA) is 64.0 Å². The zero-order valence-electron chi connectivity index (χ0n) is 12.8. The molecule has 0 aliphatic carbocycles. The maximum atomic E-state index is 12.2. The van der Waals surface area contributed by atoms with Gasteiger partial charge in [0.1, 0.15) is 5.69 Å². The van der Waals surface area contributed by atoms with E-state index in [0.29, 0.717) is 28.6 Å². The van der Waals surface area contributed by atoms with Crippen LogP contribution >= 0.6 is 23.2 Å². The average Bonchev–Trinajstić information content (AvgIpc) is 2.95. The van der Waals surface area contributed by atoms with Gasteiger partial charge in [-0.1, -0.05) is 29.3 Å². The Kier molecular flexibility index (Phi) is 5.44. The molecule has 5 nitrogen and oxygen atoms in total. The average molecular weight is 354 g/mol. The first-order chi connectivity index (χ1) is 10.8. The van der Waals surface area contributed by atoms with Crippen molar-refractivity contribution in [3.63, 3.8) is 0 Å². The summed E-state index contributed by atoms with van der Waals surface area (Å²) >= 11 is 11.9. The van der Waals surface area contributed by atoms with Gasteiger partial charge in [0.15, 0.2) is 6.29 Å². The molecule has 1 N–H and O–H groups in total. The number of carbonyl (C=O) groups excluding carboxylic acids is 2. The number of benzene rings is 1. The smallest absolute Gasteiger partial charge is 0.222 e. The molecule has 0 saturated heterocycles. The van der Waals surface area contributed by atoms with Gasteiger partial charge < -0.3 is 9.88 Å². The second-order valence-electron chi connectivity index (χ2n) is 5.71. The third kappa shape index (κ3) is 4.56. The number of nitrogens with one attached hydrogen (secondary N) is 1. The van der Waals surface area contributed by atoms with E-state index in [1.165, 1.54) is 6.33 Å². The Bertz CT molecular complexity index is 726. The van der Waals surface area contributed by atoms with E-state index >= 15 is 0 Å². The molecule has 0 unspecified atom stereocenters. The van der Waals surface area contributed by atoms with Gasteiger partial charge in [0.2, 0.25) is 5.91 Å². The van der Waals surface area contributed by atoms with Gasteiger partial charge in [-0.3, -0.25) is 9.59 Å². The van der Waals surface area contributed by atoms with Crippen molar-refractivity contribution < 1.29 is 9.59 Å². The summed E-state index contributed by atoms with van der Waals surface area (Å²) in [7, 11) is 0. The predicted octanol–water partition coefficient (Wildman–Crippen LogP) is 3.44. The standard InChI is InChI=1S/C16H17Cl2N3O2/c1-16(2,11-3-4-13(17)14(18)7-11)20-15(23)5-6-21-8-12(9-22)19-10-21/h3-4,7-10H,5-6H2,1-2H3,(H,20,23). The molecule has 1 heterocycles. The van der Waals surface area contributed by atoms with Crippen molar-refractivity contribution in [3.05, 3.63) is 52.0 Å². The van der Waals surface area contributed by atoms with Gasteiger partial charge in [-0.25, -0.2) is 4.98 Å². The molecule has 1 aromatic carbocycles. The Morgan fingerprint density at radius 3 is 2.70 bits per heavy atom. The highest BCUT2D eigenvalue weighted by Gasteiger charge is 2.23. The van der Waals surface area contributed by atoms with Crippen molar-refractivity contribution in [2.45, 2.75) is 32.4 Å². The number of aldehydes is 1. The van der Waals surface area contributed by atoms with Gasteiger partial charge in [0.05, 0.1) is 21.9 Å². The van der Waals surface area contributed by atoms with Crippen LogP contribution in [0.2, 0.25) is 10.0 Å². The lowest BCUT2D eigenvalue weighted by molar-refractivity contribution is -0.123. The Labute approximate surface area is 144 Å². The number of hydrogen-bond acceptors (Lipinski definition) is 3. The molecule has 2 aromatic rings. The van der Waals surface area contributed by atoms with E-state index in [2.05, 4.69) is 10.3 Å². The van der Waals surface area contributed by atoms with Crippen LogP contribution in [0.1, 0.15) is 36.3 Å². The number of carbonyl (C=O) groups is 2. The fraction of sp³-hybridized carbons (Fsp3) is 0.312. The van der Waals surface area contributed by atoms with E-state index in [9.17, 15) is 9.59 Å². The largest absolute Gasteiger partial charge is 0.347 e. The first-order valence-electron chi connectivity index (χ1n) is 7.05. The van der Waals surface area contributed by atoms with Crippen LogP contribution in [0.3, 0.4) is 0 Å². The maximum Gasteiger partial charge on any atom is 0.222 e. The monoisotopic (exact) mass is 353 g/mol. The molecule has 0 aliphatic heterocycles. The van der Waals surface area contributed by atoms with Crippen molar-refractivity contribution in [1.82, 2.24) is 14.9 Å². The van der Waals surface area contributed by atoms with E-state index in [1.807, 2.05) is 19.9 Å². The van der Waals surface area contributed by atoms with Crippen molar-refractivity contribution in [3.8, 4) is 0 Å². The summed E-state index contributed by atoms with van der Waals surface area (Å²) in [6, 6.07) is 5.29. The summed E-state index contributed by atoms with van der Waals surface area (Å²) in [6.45, 7) is 4.24. The Morgan fingerprint density at radius 2 is 2.09 bits per heavy atom. The van der Waals surface area contributed by atoms with E-state index < -0.39 is 5.54 Å². The fourth-order valence-electron chi connectivity index (χ4n) is 2.16. The number of nitrogens with zero attached hydrogens (tertiary/aromatic N) is 2. The number of halogens is 2. The molecular formula is C16H17Cl2N3O2. The molecule has 0 spiro atoms. The number of imidazole rings is 1. The third-order valence-corrected chi connectivity index (χ3v) is 4.20. The van der Waals surface area contributed by atoms with Gasteiger partial charge in [-0.2, -0.15) is 0 Å². The second kappa shape index (κ2) is 7.15. The van der Waals surface area contributed by atoms with Crippen LogP contribution in [-0.4, -0.2) is 21.7 Å². The normalized spacial score (nSPS) is 11.3. The number of rotatable bonds is 6. The summed E-state index contributed by atoms with van der Waals surface area (Å²) in [6.07, 6.45) is 4.08. The van der Waals surface area contributed by atoms with E-state index in [4.69, 9.17) is 23.2 Å². The van der Waals surface area contributed by atoms with Gasteiger partial charge in [-0.15, -0.1) is 0 Å². The van der Waals surface area contributed by atoms with Crippen LogP contribution in [0.15, 0.2) is 30.7 Å². The van der Waals surface area contributed by atoms with Gasteiger partial charge in [0.25, 0.3) is 0 Å². The highest BCUT2D eigenvalue weighted by atomic mass is 35.5. The van der Waals surface area contributed by atoms with Crippen LogP contribution in [0.25, 0.3) is 0 Å². The first kappa shape index (κ1) is 17.5. The third-order valence-electron chi connectivity index (χ3n) is 3.46. The summed E-state index contributed by atoms with van der Waals surface area (Å²) in [4.78, 5) is 26.6. The lowest BCUT2D eigenvalue weighted by Gasteiger charge is -2.27. The number of hydrogen-bond donors (Lipinski definition) is 1. The molecule has 2 rings (SSSR count). The lowest BCUT2D eigenvalue weighted by Crippen LogP contribution is -2.41. The molecule has 0 fully saturated rings. The zero-order chi connectivity index (χ0) is 17.0. The van der Waals surface area contributed by atoms with E-state index in [0.717, 1.165) is 5.56 Å². The molecule has 122 valence electrons. The number of aryl methyl sites for hydroxylation is 1. The number of amides is 1. The van der Waals surface area contributed by atoms with Crippen LogP contribution in [0, 0.1) is 0 Å². The summed E-state index contributed by atoms with van der Waals surface area (Å²) in [5, 5.41) is 3.89. The first-order valence-corrected chi connectivity index (χ1v) is 7.81. The lowest BCUT2D eigenvalue weighted by atomic mass is 9.94. The predicted molar refractivity (Wildman–Crippen MR) is 89.9 cm³/mol. The molecule has 0 atom stereocenters. The molecule has 0 radical (unpaired) electrons. The van der Waals surface area contributed by atoms with Gasteiger partial charge in [-0.05, 0) is 31.5 Å². The molecule has 0 aliphatic rings. The fourth-order valence-corrected chi connectivity index (χ4v) is 2.46. The van der Waals surface area contributed by atoms with Gasteiger partial charge in [0, 0.05) is 19.2 Å². The molecule has 0 saturated carbocycles. The van der Waals surface area contributed by atoms with Crippen molar-refractivity contribution in [2.75, 3.05) is 0 Å². The molecular weight excluding hydrogens is 337 g/mol. The van der Waals surface area contributed by atoms with Crippen molar-refractivity contribution >= 4 is 35.4 Å². The molecule has 7 heteroatoms. The Morgan fingerprint density at radius 1 is 1.35 bits per heavy atom. The Balaban J connectivity index is 1.97. The minimum Gasteiger partial charge on any atom is -0.347 e. The highest BCUT2D eigenvalue weighted by Crippen LogP contribution is 2.28. The maximum absolute atomic E-state index is 12.2. The van der Waals surface area contributed by atoms with Crippen LogP contribution in [0.5, 0.6) is 0 Å². The SMILES string of the molecule is CC(C)(NC(=O)CCn1cnc(C=O)c1)c1ccc(Cl)c(Cl)c1. The minimum absolute atomic E-state index is 0.109. The summed E-state index contributed by atoms with van der Waals surface area (Å²) in [5.74, 6) is -0.109. The molecule has 1 aromatic heterocycles. The van der Waals surface area contributed by atoms with Crippen LogP contribution < -0.4 is 5.32 Å². The van der Waals surface area contributed by atoms with Crippen molar-refractivity contribution in [1.29, 1.82) is 0 Å². The quantitative estimate of drug-likeness (QED) is 0.809. The Hall–Kier alpha value is -1.85. The highest BCUT2D eigenvalue weighted by molar-refractivity contribution is 6.42. The second-order valence-corrected chi connectivity index (χ2v) is 6.52. The molecule has 23 heavy (non-hydrogen) atoms. The van der Waals surface area contributed by atoms with E-state index in [1.54, 1.807) is 22.9 Å². The van der Waals surface area contributed by atoms with E-state index in [-0.39, 0.29) is 12.3 Å². The van der Waals surface area contributed by atoms with Crippen LogP contribution in [-0.2, 0) is 16.9 Å². The summed E-state index contributed by atoms with van der Waals surface area (Å²) < 4.78 is 1.70. The van der Waals surface area contributed by atoms with Crippen molar-refractivity contribution in [2.24, 2.45) is 0 Å². The summed E-state index contributed by atoms with van der Waals surface area (Å²) in [5.41, 5.74) is 0.640. The van der Waals surface area contributed by atoms with Crippen LogP contribution in [0.4, 0.5) is 0 Å². The number of aromatic nitrogens is 2. The molecule has 1 amide bonds.